The minimum Gasteiger partial charge on any atom is -0.497 e. The number of hydrogen-bond donors (Lipinski definition) is 1. The lowest BCUT2D eigenvalue weighted by Gasteiger charge is -2.18. The molecule has 0 radical (unpaired) electrons. The van der Waals surface area contributed by atoms with Crippen molar-refractivity contribution in [2.75, 3.05) is 20.8 Å². The maximum absolute atomic E-state index is 13.0. The van der Waals surface area contributed by atoms with E-state index < -0.39 is 34.4 Å². The Morgan fingerprint density at radius 3 is 2.09 bits per heavy atom. The molecule has 9 heteroatoms. The van der Waals surface area contributed by atoms with Crippen molar-refractivity contribution in [3.05, 3.63) is 52.1 Å². The minimum atomic E-state index is -3.99. The third kappa shape index (κ3) is 5.46. The lowest BCUT2D eigenvalue weighted by Crippen LogP contribution is -2.40. The number of methoxy groups -OCH3 is 2. The van der Waals surface area contributed by atoms with Crippen LogP contribution in [-0.2, 0) is 19.6 Å². The van der Waals surface area contributed by atoms with Gasteiger partial charge in [0.1, 0.15) is 17.5 Å². The molecule has 0 spiro atoms. The maximum Gasteiger partial charge on any atom is 0.324 e. The smallest absolute Gasteiger partial charge is 0.324 e. The average molecular weight is 464 g/mol. The summed E-state index contributed by atoms with van der Waals surface area (Å²) >= 11 is 0. The van der Waals surface area contributed by atoms with Crippen LogP contribution in [0.4, 0.5) is 0 Å². The number of benzene rings is 2. The normalized spacial score (nSPS) is 12.2. The Kier molecular flexibility index (Phi) is 8.03. The largest absolute Gasteiger partial charge is 0.497 e. The Morgan fingerprint density at radius 2 is 1.56 bits per heavy atom. The molecule has 2 aromatic rings. The summed E-state index contributed by atoms with van der Waals surface area (Å²) in [5.74, 6) is -0.571. The van der Waals surface area contributed by atoms with E-state index in [1.54, 1.807) is 26.0 Å². The number of carbonyl (C=O) groups excluding carboxylic acids is 2. The molecule has 0 aromatic heterocycles. The second-order valence-electron chi connectivity index (χ2n) is 7.53. The highest BCUT2D eigenvalue weighted by molar-refractivity contribution is 7.89. The lowest BCUT2D eigenvalue weighted by molar-refractivity contribution is -0.144. The van der Waals surface area contributed by atoms with Crippen molar-refractivity contribution in [3.8, 4) is 11.5 Å². The Balaban J connectivity index is 2.12. The number of nitrogens with one attached hydrogen (secondary N) is 1. The fourth-order valence-corrected chi connectivity index (χ4v) is 5.10. The first-order chi connectivity index (χ1) is 14.9. The van der Waals surface area contributed by atoms with E-state index in [9.17, 15) is 18.0 Å². The van der Waals surface area contributed by atoms with Crippen LogP contribution in [0.3, 0.4) is 0 Å². The van der Waals surface area contributed by atoms with Crippen molar-refractivity contribution in [3.63, 3.8) is 0 Å². The summed E-state index contributed by atoms with van der Waals surface area (Å²) in [6, 6.07) is 5.36. The Bertz CT molecular complexity index is 1110. The fraction of sp³-hybridized carbons (Fsp3) is 0.391. The van der Waals surface area contributed by atoms with Gasteiger partial charge in [-0.1, -0.05) is 6.07 Å². The summed E-state index contributed by atoms with van der Waals surface area (Å²) in [5.41, 5.74) is 3.12. The van der Waals surface area contributed by atoms with Crippen molar-refractivity contribution in [1.82, 2.24) is 4.72 Å². The summed E-state index contributed by atoms with van der Waals surface area (Å²) in [6.45, 7) is 7.91. The van der Waals surface area contributed by atoms with E-state index in [2.05, 4.69) is 4.72 Å². The van der Waals surface area contributed by atoms with Gasteiger partial charge in [-0.25, -0.2) is 8.42 Å². The lowest BCUT2D eigenvalue weighted by atomic mass is 10.0. The molecule has 1 N–H and O–H groups in total. The quantitative estimate of drug-likeness (QED) is 0.450. The second kappa shape index (κ2) is 10.1. The summed E-state index contributed by atoms with van der Waals surface area (Å²) < 4.78 is 43.7. The number of rotatable bonds is 9. The van der Waals surface area contributed by atoms with Gasteiger partial charge in [-0.2, -0.15) is 4.72 Å². The molecule has 0 aliphatic carbocycles. The molecule has 2 rings (SSSR count). The molecule has 1 unspecified atom stereocenters. The molecule has 2 aromatic carbocycles. The van der Waals surface area contributed by atoms with Crippen molar-refractivity contribution >= 4 is 21.8 Å². The molecule has 0 amide bonds. The average Bonchev–Trinajstić information content (AvgIpc) is 2.74. The summed E-state index contributed by atoms with van der Waals surface area (Å²) in [6.07, 6.45) is 0. The van der Waals surface area contributed by atoms with Gasteiger partial charge in [0, 0.05) is 6.07 Å². The highest BCUT2D eigenvalue weighted by Crippen LogP contribution is 2.27. The van der Waals surface area contributed by atoms with E-state index in [0.717, 1.165) is 11.1 Å². The molecule has 8 nitrogen and oxygen atoms in total. The van der Waals surface area contributed by atoms with Crippen LogP contribution in [0.1, 0.15) is 39.5 Å². The van der Waals surface area contributed by atoms with Crippen LogP contribution in [0.2, 0.25) is 0 Å². The predicted octanol–water partition coefficient (Wildman–Crippen LogP) is 3.03. The van der Waals surface area contributed by atoms with E-state index in [4.69, 9.17) is 14.2 Å². The molecule has 32 heavy (non-hydrogen) atoms. The van der Waals surface area contributed by atoms with Crippen LogP contribution in [0.5, 0.6) is 11.5 Å². The van der Waals surface area contributed by atoms with E-state index >= 15 is 0 Å². The van der Waals surface area contributed by atoms with Gasteiger partial charge < -0.3 is 14.2 Å². The number of aryl methyl sites for hydroxylation is 2. The van der Waals surface area contributed by atoms with Gasteiger partial charge in [-0.3, -0.25) is 9.59 Å². The number of ketones is 1. The molecule has 0 saturated carbocycles. The van der Waals surface area contributed by atoms with Gasteiger partial charge in [0.25, 0.3) is 0 Å². The number of ether oxygens (including phenoxy) is 3. The molecule has 0 fully saturated rings. The van der Waals surface area contributed by atoms with Crippen LogP contribution in [0.15, 0.2) is 29.2 Å². The summed E-state index contributed by atoms with van der Waals surface area (Å²) in [4.78, 5) is 25.0. The first kappa shape index (κ1) is 25.4. The highest BCUT2D eigenvalue weighted by atomic mass is 32.2. The standard InChI is InChI=1S/C23H29NO7S/c1-13-10-14(2)16(4)22(15(13)3)32(27,28)24-17(5)23(26)31-12-20(25)19-9-8-18(29-6)11-21(19)30-7/h8-11,17,24H,12H2,1-7H3. The maximum atomic E-state index is 13.0. The Morgan fingerprint density at radius 1 is 0.969 bits per heavy atom. The van der Waals surface area contributed by atoms with E-state index in [0.29, 0.717) is 16.9 Å². The third-order valence-corrected chi connectivity index (χ3v) is 7.12. The number of Topliss-reactive ketones (excluding diaryl/α,β-unsaturated/α-hetero) is 1. The molecule has 0 aliphatic rings. The van der Waals surface area contributed by atoms with Crippen LogP contribution in [0.25, 0.3) is 0 Å². The molecule has 0 bridgehead atoms. The monoisotopic (exact) mass is 463 g/mol. The predicted molar refractivity (Wildman–Crippen MR) is 120 cm³/mol. The first-order valence-corrected chi connectivity index (χ1v) is 11.4. The van der Waals surface area contributed by atoms with Gasteiger partial charge in [-0.15, -0.1) is 0 Å². The molecule has 0 heterocycles. The van der Waals surface area contributed by atoms with Gasteiger partial charge in [0.2, 0.25) is 15.8 Å². The zero-order chi connectivity index (χ0) is 24.2. The van der Waals surface area contributed by atoms with Crippen LogP contribution in [-0.4, -0.2) is 47.0 Å². The Labute approximate surface area is 188 Å². The van der Waals surface area contributed by atoms with Crippen molar-refractivity contribution in [2.45, 2.75) is 45.6 Å². The number of esters is 1. The summed E-state index contributed by atoms with van der Waals surface area (Å²) in [7, 11) is -1.09. The third-order valence-electron chi connectivity index (χ3n) is 5.31. The van der Waals surface area contributed by atoms with Crippen LogP contribution >= 0.6 is 0 Å². The number of sulfonamides is 1. The molecule has 174 valence electrons. The van der Waals surface area contributed by atoms with Crippen LogP contribution < -0.4 is 14.2 Å². The topological polar surface area (TPSA) is 108 Å². The van der Waals surface area contributed by atoms with Crippen molar-refractivity contribution in [1.29, 1.82) is 0 Å². The van der Waals surface area contributed by atoms with Crippen molar-refractivity contribution < 1.29 is 32.2 Å². The molecule has 0 aliphatic heterocycles. The fourth-order valence-electron chi connectivity index (χ4n) is 3.29. The zero-order valence-electron chi connectivity index (χ0n) is 19.4. The van der Waals surface area contributed by atoms with E-state index in [-0.39, 0.29) is 16.2 Å². The Hall–Kier alpha value is -2.91. The van der Waals surface area contributed by atoms with Gasteiger partial charge in [0.05, 0.1) is 24.7 Å². The van der Waals surface area contributed by atoms with Gasteiger partial charge in [-0.05, 0) is 69.0 Å². The van der Waals surface area contributed by atoms with Crippen molar-refractivity contribution in [2.24, 2.45) is 0 Å². The number of hydrogen-bond acceptors (Lipinski definition) is 7. The van der Waals surface area contributed by atoms with Gasteiger partial charge in [0.15, 0.2) is 6.61 Å². The van der Waals surface area contributed by atoms with E-state index in [1.165, 1.54) is 27.2 Å². The second-order valence-corrected chi connectivity index (χ2v) is 9.18. The zero-order valence-corrected chi connectivity index (χ0v) is 20.2. The first-order valence-electron chi connectivity index (χ1n) is 9.94. The molecular formula is C23H29NO7S. The molecule has 1 atom stereocenters. The molecular weight excluding hydrogens is 434 g/mol. The SMILES string of the molecule is COc1ccc(C(=O)COC(=O)C(C)NS(=O)(=O)c2c(C)c(C)cc(C)c2C)c(OC)c1. The van der Waals surface area contributed by atoms with Crippen LogP contribution in [0, 0.1) is 27.7 Å². The minimum absolute atomic E-state index is 0.147. The van der Waals surface area contributed by atoms with Gasteiger partial charge >= 0.3 is 5.97 Å². The number of carbonyl (C=O) groups is 2. The molecule has 0 saturated heterocycles. The highest BCUT2D eigenvalue weighted by Gasteiger charge is 2.28. The van der Waals surface area contributed by atoms with E-state index in [1.807, 2.05) is 19.9 Å². The summed E-state index contributed by atoms with van der Waals surface area (Å²) in [5, 5.41) is 0.